The largest absolute Gasteiger partial charge is 0.368 e. The van der Waals surface area contributed by atoms with Gasteiger partial charge in [0.15, 0.2) is 0 Å². The molecular formula is C19H20N2O3S. The van der Waals surface area contributed by atoms with Gasteiger partial charge in [0, 0.05) is 24.5 Å². The van der Waals surface area contributed by atoms with E-state index in [1.807, 2.05) is 40.6 Å². The monoisotopic (exact) mass is 356 g/mol. The lowest BCUT2D eigenvalue weighted by Gasteiger charge is -2.29. The summed E-state index contributed by atoms with van der Waals surface area (Å²) in [4.78, 5) is 27.5. The summed E-state index contributed by atoms with van der Waals surface area (Å²) in [6.45, 7) is 1.38. The molecule has 1 N–H and O–H groups in total. The number of fused-ring (bicyclic) bond motifs is 1. The van der Waals surface area contributed by atoms with Crippen molar-refractivity contribution in [1.29, 1.82) is 0 Å². The molecule has 1 aromatic heterocycles. The summed E-state index contributed by atoms with van der Waals surface area (Å²) in [5.41, 5.74) is 2.81. The second kappa shape index (κ2) is 6.98. The molecule has 0 radical (unpaired) electrons. The van der Waals surface area contributed by atoms with Crippen LogP contribution in [0.4, 0.5) is 11.4 Å². The van der Waals surface area contributed by atoms with Gasteiger partial charge >= 0.3 is 0 Å². The fourth-order valence-electron chi connectivity index (χ4n) is 3.43. The van der Waals surface area contributed by atoms with Crippen molar-refractivity contribution in [2.75, 3.05) is 23.4 Å². The third kappa shape index (κ3) is 3.32. The summed E-state index contributed by atoms with van der Waals surface area (Å²) < 4.78 is 5.43. The zero-order chi connectivity index (χ0) is 17.2. The Labute approximate surface area is 150 Å². The number of rotatable bonds is 3. The maximum atomic E-state index is 12.7. The van der Waals surface area contributed by atoms with Gasteiger partial charge in [0.1, 0.15) is 6.10 Å². The van der Waals surface area contributed by atoms with E-state index < -0.39 is 0 Å². The normalized spacial score (nSPS) is 19.5. The van der Waals surface area contributed by atoms with Crippen LogP contribution in [0.5, 0.6) is 0 Å². The maximum Gasteiger partial charge on any atom is 0.268 e. The van der Waals surface area contributed by atoms with Crippen molar-refractivity contribution >= 4 is 34.5 Å². The molecule has 1 saturated heterocycles. The third-order valence-corrected chi connectivity index (χ3v) is 5.52. The molecule has 2 amide bonds. The number of carbonyl (C=O) groups is 2. The van der Waals surface area contributed by atoms with Crippen LogP contribution >= 0.6 is 11.3 Å². The number of anilines is 2. The van der Waals surface area contributed by atoms with Gasteiger partial charge in [-0.15, -0.1) is 11.3 Å². The number of hydrogen-bond acceptors (Lipinski definition) is 4. The summed E-state index contributed by atoms with van der Waals surface area (Å²) in [5, 5.41) is 4.86. The van der Waals surface area contributed by atoms with Crippen LogP contribution in [-0.2, 0) is 16.0 Å². The van der Waals surface area contributed by atoms with E-state index in [-0.39, 0.29) is 17.9 Å². The van der Waals surface area contributed by atoms with Crippen molar-refractivity contribution in [2.45, 2.75) is 31.8 Å². The predicted molar refractivity (Wildman–Crippen MR) is 98.4 cm³/mol. The molecule has 2 aliphatic heterocycles. The molecule has 2 aliphatic rings. The minimum Gasteiger partial charge on any atom is -0.368 e. The van der Waals surface area contributed by atoms with Crippen molar-refractivity contribution < 1.29 is 14.3 Å². The molecule has 0 spiro atoms. The Morgan fingerprint density at radius 1 is 1.24 bits per heavy atom. The molecule has 2 aromatic rings. The summed E-state index contributed by atoms with van der Waals surface area (Å²) in [5.74, 6) is -0.0353. The number of carbonyl (C=O) groups excluding carboxylic acids is 2. The summed E-state index contributed by atoms with van der Waals surface area (Å²) in [7, 11) is 0. The predicted octanol–water partition coefficient (Wildman–Crippen LogP) is 3.46. The molecule has 1 fully saturated rings. The average Bonchev–Trinajstić information content (AvgIpc) is 3.33. The third-order valence-electron chi connectivity index (χ3n) is 4.66. The van der Waals surface area contributed by atoms with E-state index in [2.05, 4.69) is 5.32 Å². The molecule has 1 aromatic carbocycles. The highest BCUT2D eigenvalue weighted by atomic mass is 32.1. The van der Waals surface area contributed by atoms with E-state index in [0.717, 1.165) is 54.0 Å². The molecule has 25 heavy (non-hydrogen) atoms. The second-order valence-corrected chi connectivity index (χ2v) is 7.32. The van der Waals surface area contributed by atoms with Crippen LogP contribution in [0, 0.1) is 0 Å². The van der Waals surface area contributed by atoms with Gasteiger partial charge in [0.2, 0.25) is 0 Å². The van der Waals surface area contributed by atoms with E-state index in [1.165, 1.54) is 11.3 Å². The maximum absolute atomic E-state index is 12.7. The Bertz CT molecular complexity index is 782. The molecule has 4 rings (SSSR count). The lowest BCUT2D eigenvalue weighted by molar-refractivity contribution is -0.124. The molecule has 1 atom stereocenters. The average molecular weight is 356 g/mol. The summed E-state index contributed by atoms with van der Waals surface area (Å²) in [6.07, 6.45) is 3.20. The minimum atomic E-state index is -0.340. The Morgan fingerprint density at radius 3 is 2.92 bits per heavy atom. The molecule has 0 saturated carbocycles. The quantitative estimate of drug-likeness (QED) is 0.916. The lowest BCUT2D eigenvalue weighted by Crippen LogP contribution is -2.35. The van der Waals surface area contributed by atoms with Crippen molar-refractivity contribution in [1.82, 2.24) is 0 Å². The highest BCUT2D eigenvalue weighted by Gasteiger charge is 2.26. The van der Waals surface area contributed by atoms with E-state index in [0.29, 0.717) is 6.61 Å². The van der Waals surface area contributed by atoms with Gasteiger partial charge in [0.25, 0.3) is 11.8 Å². The van der Waals surface area contributed by atoms with Crippen LogP contribution in [0.2, 0.25) is 0 Å². The fourth-order valence-corrected chi connectivity index (χ4v) is 4.10. The molecule has 0 aliphatic carbocycles. The summed E-state index contributed by atoms with van der Waals surface area (Å²) in [6, 6.07) is 9.54. The van der Waals surface area contributed by atoms with Gasteiger partial charge < -0.3 is 15.0 Å². The van der Waals surface area contributed by atoms with Gasteiger partial charge in [-0.1, -0.05) is 6.07 Å². The minimum absolute atomic E-state index is 0.0482. The second-order valence-electron chi connectivity index (χ2n) is 6.37. The van der Waals surface area contributed by atoms with Gasteiger partial charge in [-0.2, -0.15) is 0 Å². The number of ether oxygens (including phenoxy) is 1. The van der Waals surface area contributed by atoms with Crippen LogP contribution < -0.4 is 10.2 Å². The van der Waals surface area contributed by atoms with Crippen molar-refractivity contribution in [3.05, 3.63) is 46.2 Å². The number of nitrogens with one attached hydrogen (secondary N) is 1. The first-order valence-electron chi connectivity index (χ1n) is 8.63. The first-order valence-corrected chi connectivity index (χ1v) is 9.51. The van der Waals surface area contributed by atoms with Gasteiger partial charge in [-0.25, -0.2) is 0 Å². The highest BCUT2D eigenvalue weighted by Crippen LogP contribution is 2.31. The van der Waals surface area contributed by atoms with E-state index in [4.69, 9.17) is 4.74 Å². The Morgan fingerprint density at radius 2 is 2.16 bits per heavy atom. The number of amides is 2. The Kier molecular flexibility index (Phi) is 4.55. The molecular weight excluding hydrogens is 336 g/mol. The van der Waals surface area contributed by atoms with Crippen LogP contribution in [0.15, 0.2) is 35.7 Å². The van der Waals surface area contributed by atoms with Gasteiger partial charge in [-0.05, 0) is 60.9 Å². The van der Waals surface area contributed by atoms with Gasteiger partial charge in [-0.3, -0.25) is 9.59 Å². The summed E-state index contributed by atoms with van der Waals surface area (Å²) >= 11 is 1.46. The Balaban J connectivity index is 1.53. The number of benzene rings is 1. The molecule has 3 heterocycles. The number of nitrogens with zero attached hydrogens (tertiary/aromatic N) is 1. The van der Waals surface area contributed by atoms with E-state index in [9.17, 15) is 9.59 Å². The molecule has 5 nitrogen and oxygen atoms in total. The molecule has 130 valence electrons. The zero-order valence-corrected chi connectivity index (χ0v) is 14.7. The topological polar surface area (TPSA) is 58.6 Å². The van der Waals surface area contributed by atoms with Gasteiger partial charge in [0.05, 0.1) is 4.88 Å². The number of aryl methyl sites for hydroxylation is 1. The first-order chi connectivity index (χ1) is 12.2. The highest BCUT2D eigenvalue weighted by molar-refractivity contribution is 7.12. The fraction of sp³-hybridized carbons (Fsp3) is 0.368. The molecule has 1 unspecified atom stereocenters. The van der Waals surface area contributed by atoms with E-state index >= 15 is 0 Å². The first kappa shape index (κ1) is 16.3. The lowest BCUT2D eigenvalue weighted by atomic mass is 10.0. The SMILES string of the molecule is O=C(Nc1ccc2c(c1)CCCN2C(=O)c1cccs1)C1CCCO1. The number of thiophene rings is 1. The Hall–Kier alpha value is -2.18. The van der Waals surface area contributed by atoms with Crippen molar-refractivity contribution in [3.63, 3.8) is 0 Å². The van der Waals surface area contributed by atoms with Crippen molar-refractivity contribution in [3.8, 4) is 0 Å². The number of hydrogen-bond donors (Lipinski definition) is 1. The smallest absolute Gasteiger partial charge is 0.268 e. The van der Waals surface area contributed by atoms with Crippen LogP contribution in [-0.4, -0.2) is 31.1 Å². The van der Waals surface area contributed by atoms with Crippen molar-refractivity contribution in [2.24, 2.45) is 0 Å². The molecule has 0 bridgehead atoms. The zero-order valence-electron chi connectivity index (χ0n) is 13.9. The van der Waals surface area contributed by atoms with Crippen LogP contribution in [0.3, 0.4) is 0 Å². The van der Waals surface area contributed by atoms with Crippen LogP contribution in [0.1, 0.15) is 34.5 Å². The van der Waals surface area contributed by atoms with Crippen LogP contribution in [0.25, 0.3) is 0 Å². The standard InChI is InChI=1S/C19H20N2O3S/c22-18(16-5-2-10-24-16)20-14-7-8-15-13(12-14)4-1-9-21(15)19(23)17-6-3-11-25-17/h3,6-8,11-12,16H,1-2,4-5,9-10H2,(H,20,22). The molecule has 6 heteroatoms. The van der Waals surface area contributed by atoms with E-state index in [1.54, 1.807) is 0 Å².